The number of carbonyl (C=O) groups is 1. The SMILES string of the molecule is COc1cccc(Oc2ccc(Cl)cc2Br)c1C(C)=O. The Balaban J connectivity index is 2.45. The summed E-state index contributed by atoms with van der Waals surface area (Å²) >= 11 is 9.27. The molecule has 0 fully saturated rings. The number of Topliss-reactive ketones (excluding diaryl/α,β-unsaturated/α-hetero) is 1. The Morgan fingerprint density at radius 1 is 1.15 bits per heavy atom. The van der Waals surface area contributed by atoms with Crippen LogP contribution >= 0.6 is 27.5 Å². The number of carbonyl (C=O) groups excluding carboxylic acids is 1. The lowest BCUT2D eigenvalue weighted by Gasteiger charge is -2.13. The van der Waals surface area contributed by atoms with Crippen molar-refractivity contribution in [2.45, 2.75) is 6.92 Å². The van der Waals surface area contributed by atoms with Crippen LogP contribution in [0.5, 0.6) is 17.2 Å². The second-order valence-electron chi connectivity index (χ2n) is 4.07. The lowest BCUT2D eigenvalue weighted by Crippen LogP contribution is -2.01. The highest BCUT2D eigenvalue weighted by molar-refractivity contribution is 9.10. The van der Waals surface area contributed by atoms with Crippen LogP contribution in [0.15, 0.2) is 40.9 Å². The maximum atomic E-state index is 11.8. The van der Waals surface area contributed by atoms with E-state index in [1.807, 2.05) is 0 Å². The Morgan fingerprint density at radius 2 is 1.85 bits per heavy atom. The van der Waals surface area contributed by atoms with Crippen molar-refractivity contribution < 1.29 is 14.3 Å². The van der Waals surface area contributed by atoms with Crippen molar-refractivity contribution in [3.05, 3.63) is 51.5 Å². The van der Waals surface area contributed by atoms with Crippen molar-refractivity contribution in [1.82, 2.24) is 0 Å². The second-order valence-corrected chi connectivity index (χ2v) is 5.36. The van der Waals surface area contributed by atoms with Gasteiger partial charge in [0.25, 0.3) is 0 Å². The summed E-state index contributed by atoms with van der Waals surface area (Å²) in [6.45, 7) is 1.47. The maximum absolute atomic E-state index is 11.8. The van der Waals surface area contributed by atoms with Gasteiger partial charge in [-0.1, -0.05) is 17.7 Å². The third-order valence-electron chi connectivity index (χ3n) is 2.67. The average molecular weight is 356 g/mol. The first-order chi connectivity index (χ1) is 9.52. The van der Waals surface area contributed by atoms with E-state index < -0.39 is 0 Å². The molecule has 2 aromatic carbocycles. The van der Waals surface area contributed by atoms with Gasteiger partial charge in [0.05, 0.1) is 11.6 Å². The molecule has 0 N–H and O–H groups in total. The molecule has 0 heterocycles. The molecule has 0 aliphatic rings. The lowest BCUT2D eigenvalue weighted by atomic mass is 10.1. The number of hydrogen-bond donors (Lipinski definition) is 0. The normalized spacial score (nSPS) is 10.2. The minimum absolute atomic E-state index is 0.123. The zero-order chi connectivity index (χ0) is 14.7. The summed E-state index contributed by atoms with van der Waals surface area (Å²) in [5.41, 5.74) is 0.414. The molecule has 20 heavy (non-hydrogen) atoms. The highest BCUT2D eigenvalue weighted by Crippen LogP contribution is 2.36. The van der Waals surface area contributed by atoms with Gasteiger partial charge in [0, 0.05) is 5.02 Å². The lowest BCUT2D eigenvalue weighted by molar-refractivity contribution is 0.101. The second kappa shape index (κ2) is 6.29. The Bertz CT molecular complexity index is 656. The molecule has 0 unspecified atom stereocenters. The predicted octanol–water partition coefficient (Wildman–Crippen LogP) is 5.11. The molecule has 0 amide bonds. The fourth-order valence-corrected chi connectivity index (χ4v) is 2.55. The molecule has 0 saturated carbocycles. The number of ether oxygens (including phenoxy) is 2. The molecule has 5 heteroatoms. The molecule has 3 nitrogen and oxygen atoms in total. The Morgan fingerprint density at radius 3 is 2.45 bits per heavy atom. The number of benzene rings is 2. The smallest absolute Gasteiger partial charge is 0.167 e. The van der Waals surface area contributed by atoms with Gasteiger partial charge in [0.2, 0.25) is 0 Å². The third-order valence-corrected chi connectivity index (χ3v) is 3.53. The van der Waals surface area contributed by atoms with Gasteiger partial charge in [-0.25, -0.2) is 0 Å². The topological polar surface area (TPSA) is 35.5 Å². The number of halogens is 2. The van der Waals surface area contributed by atoms with Crippen LogP contribution < -0.4 is 9.47 Å². The van der Waals surface area contributed by atoms with Crippen LogP contribution in [0.3, 0.4) is 0 Å². The molecule has 0 aliphatic heterocycles. The Hall–Kier alpha value is -1.52. The van der Waals surface area contributed by atoms with Crippen LogP contribution in [-0.4, -0.2) is 12.9 Å². The molecule has 0 saturated heterocycles. The molecule has 0 radical (unpaired) electrons. The predicted molar refractivity (Wildman–Crippen MR) is 82.2 cm³/mol. The van der Waals surface area contributed by atoms with E-state index in [9.17, 15) is 4.79 Å². The number of rotatable bonds is 4. The van der Waals surface area contributed by atoms with E-state index in [0.29, 0.717) is 32.3 Å². The molecule has 104 valence electrons. The van der Waals surface area contributed by atoms with E-state index in [4.69, 9.17) is 21.1 Å². The molecule has 0 aromatic heterocycles. The first-order valence-corrected chi connectivity index (χ1v) is 7.01. The highest BCUT2D eigenvalue weighted by atomic mass is 79.9. The van der Waals surface area contributed by atoms with Crippen molar-refractivity contribution in [2.75, 3.05) is 7.11 Å². The summed E-state index contributed by atoms with van der Waals surface area (Å²) in [5.74, 6) is 1.38. The van der Waals surface area contributed by atoms with Crippen molar-refractivity contribution in [2.24, 2.45) is 0 Å². The first kappa shape index (κ1) is 14.9. The van der Waals surface area contributed by atoms with Crippen molar-refractivity contribution in [3.63, 3.8) is 0 Å². The summed E-state index contributed by atoms with van der Waals surface area (Å²) in [4.78, 5) is 11.8. The highest BCUT2D eigenvalue weighted by Gasteiger charge is 2.16. The summed E-state index contributed by atoms with van der Waals surface area (Å²) in [6.07, 6.45) is 0. The Kier molecular flexibility index (Phi) is 4.68. The monoisotopic (exact) mass is 354 g/mol. The van der Waals surface area contributed by atoms with Gasteiger partial charge < -0.3 is 9.47 Å². The minimum atomic E-state index is -0.123. The maximum Gasteiger partial charge on any atom is 0.167 e. The van der Waals surface area contributed by atoms with Crippen molar-refractivity contribution in [3.8, 4) is 17.2 Å². The quantitative estimate of drug-likeness (QED) is 0.715. The van der Waals surface area contributed by atoms with Gasteiger partial charge in [-0.3, -0.25) is 4.79 Å². The summed E-state index contributed by atoms with van der Waals surface area (Å²) in [7, 11) is 1.52. The average Bonchev–Trinajstić information content (AvgIpc) is 2.41. The zero-order valence-electron chi connectivity index (χ0n) is 10.9. The number of methoxy groups -OCH3 is 1. The molecule has 2 rings (SSSR count). The van der Waals surface area contributed by atoms with E-state index in [1.165, 1.54) is 14.0 Å². The molecular weight excluding hydrogens is 344 g/mol. The van der Waals surface area contributed by atoms with Crippen LogP contribution in [0.2, 0.25) is 5.02 Å². The van der Waals surface area contributed by atoms with Gasteiger partial charge >= 0.3 is 0 Å². The van der Waals surface area contributed by atoms with Gasteiger partial charge in [-0.05, 0) is 53.2 Å². The number of ketones is 1. The molecule has 0 aliphatic carbocycles. The van der Waals surface area contributed by atoms with Crippen LogP contribution in [0.25, 0.3) is 0 Å². The first-order valence-electron chi connectivity index (χ1n) is 5.83. The van der Waals surface area contributed by atoms with Crippen LogP contribution in [0.1, 0.15) is 17.3 Å². The van der Waals surface area contributed by atoms with E-state index in [-0.39, 0.29) is 5.78 Å². The minimum Gasteiger partial charge on any atom is -0.496 e. The van der Waals surface area contributed by atoms with Crippen LogP contribution in [-0.2, 0) is 0 Å². The third kappa shape index (κ3) is 3.14. The van der Waals surface area contributed by atoms with Gasteiger partial charge in [0.1, 0.15) is 22.8 Å². The van der Waals surface area contributed by atoms with E-state index in [0.717, 1.165) is 0 Å². The van der Waals surface area contributed by atoms with Crippen molar-refractivity contribution in [1.29, 1.82) is 0 Å². The molecule has 2 aromatic rings. The summed E-state index contributed by atoms with van der Waals surface area (Å²) in [5, 5.41) is 0.599. The van der Waals surface area contributed by atoms with E-state index in [2.05, 4.69) is 15.9 Å². The zero-order valence-corrected chi connectivity index (χ0v) is 13.3. The standard InChI is InChI=1S/C15H12BrClO3/c1-9(18)15-13(19-2)4-3-5-14(15)20-12-7-6-10(17)8-11(12)16/h3-8H,1-2H3. The van der Waals surface area contributed by atoms with E-state index in [1.54, 1.807) is 36.4 Å². The summed E-state index contributed by atoms with van der Waals surface area (Å²) in [6, 6.07) is 10.4. The molecule has 0 atom stereocenters. The number of hydrogen-bond acceptors (Lipinski definition) is 3. The fraction of sp³-hybridized carbons (Fsp3) is 0.133. The molecule has 0 spiro atoms. The van der Waals surface area contributed by atoms with Crippen LogP contribution in [0.4, 0.5) is 0 Å². The fourth-order valence-electron chi connectivity index (χ4n) is 1.79. The largest absolute Gasteiger partial charge is 0.496 e. The Labute approximate surface area is 130 Å². The van der Waals surface area contributed by atoms with Gasteiger partial charge in [-0.2, -0.15) is 0 Å². The van der Waals surface area contributed by atoms with Gasteiger partial charge in [0.15, 0.2) is 5.78 Å². The molecular formula is C15H12BrClO3. The molecule has 0 bridgehead atoms. The van der Waals surface area contributed by atoms with E-state index >= 15 is 0 Å². The summed E-state index contributed by atoms with van der Waals surface area (Å²) < 4.78 is 11.7. The van der Waals surface area contributed by atoms with Crippen molar-refractivity contribution >= 4 is 33.3 Å². The van der Waals surface area contributed by atoms with Gasteiger partial charge in [-0.15, -0.1) is 0 Å². The van der Waals surface area contributed by atoms with Crippen LogP contribution in [0, 0.1) is 0 Å².